The van der Waals surface area contributed by atoms with Gasteiger partial charge in [-0.3, -0.25) is 4.98 Å². The molecule has 0 bridgehead atoms. The van der Waals surface area contributed by atoms with Crippen molar-refractivity contribution in [2.45, 2.75) is 38.4 Å². The van der Waals surface area contributed by atoms with Crippen LogP contribution in [0.3, 0.4) is 0 Å². The normalized spacial score (nSPS) is 17.7. The van der Waals surface area contributed by atoms with Crippen LogP contribution < -0.4 is 4.74 Å². The number of benzene rings is 2. The lowest BCUT2D eigenvalue weighted by Crippen LogP contribution is -2.45. The van der Waals surface area contributed by atoms with Gasteiger partial charge in [-0.1, -0.05) is 18.2 Å². The number of aromatic nitrogens is 1. The van der Waals surface area contributed by atoms with Gasteiger partial charge < -0.3 is 19.8 Å². The summed E-state index contributed by atoms with van der Waals surface area (Å²) >= 11 is 0. The van der Waals surface area contributed by atoms with Gasteiger partial charge in [0, 0.05) is 37.6 Å². The van der Waals surface area contributed by atoms with Crippen molar-refractivity contribution in [3.8, 4) is 16.9 Å². The lowest BCUT2D eigenvalue weighted by Gasteiger charge is -2.36. The fourth-order valence-electron chi connectivity index (χ4n) is 4.01. The van der Waals surface area contributed by atoms with Crippen molar-refractivity contribution in [3.63, 3.8) is 0 Å². The Bertz CT molecular complexity index is 1010. The summed E-state index contributed by atoms with van der Waals surface area (Å²) in [6, 6.07) is 14.4. The minimum atomic E-state index is -0.571. The lowest BCUT2D eigenvalue weighted by atomic mass is 9.94. The Morgan fingerprint density at radius 3 is 2.60 bits per heavy atom. The maximum Gasteiger partial charge on any atom is 0.120 e. The monoisotopic (exact) mass is 406 g/mol. The second kappa shape index (κ2) is 8.72. The number of likely N-dealkylation sites (tertiary alicyclic amines) is 1. The van der Waals surface area contributed by atoms with Crippen molar-refractivity contribution < 1.29 is 14.9 Å². The van der Waals surface area contributed by atoms with Gasteiger partial charge in [0.25, 0.3) is 0 Å². The van der Waals surface area contributed by atoms with E-state index >= 15 is 0 Å². The SMILES string of the molecule is Cc1ccncc1-c1ccc2cc(OCC(O)CN3CCC(C)(O)CC3)ccc2c1. The molecule has 30 heavy (non-hydrogen) atoms. The third-order valence-corrected chi connectivity index (χ3v) is 6.01. The largest absolute Gasteiger partial charge is 0.491 e. The molecule has 1 aliphatic rings. The van der Waals surface area contributed by atoms with Crippen molar-refractivity contribution >= 4 is 10.8 Å². The Hall–Kier alpha value is -2.47. The first kappa shape index (κ1) is 20.8. The van der Waals surface area contributed by atoms with E-state index in [-0.39, 0.29) is 6.61 Å². The predicted molar refractivity (Wildman–Crippen MR) is 120 cm³/mol. The zero-order valence-electron chi connectivity index (χ0n) is 17.7. The molecule has 158 valence electrons. The molecule has 1 saturated heterocycles. The van der Waals surface area contributed by atoms with Crippen LogP contribution in [0, 0.1) is 6.92 Å². The van der Waals surface area contributed by atoms with Gasteiger partial charge in [0.1, 0.15) is 18.5 Å². The van der Waals surface area contributed by atoms with Gasteiger partial charge in [-0.25, -0.2) is 0 Å². The molecule has 0 spiro atoms. The molecule has 0 aliphatic carbocycles. The fraction of sp³-hybridized carbons (Fsp3) is 0.400. The van der Waals surface area contributed by atoms with Crippen molar-refractivity contribution in [2.24, 2.45) is 0 Å². The van der Waals surface area contributed by atoms with Gasteiger partial charge in [-0.15, -0.1) is 0 Å². The van der Waals surface area contributed by atoms with E-state index in [0.717, 1.165) is 53.6 Å². The van der Waals surface area contributed by atoms with Crippen molar-refractivity contribution in [3.05, 3.63) is 60.4 Å². The highest BCUT2D eigenvalue weighted by Crippen LogP contribution is 2.28. The summed E-state index contributed by atoms with van der Waals surface area (Å²) in [7, 11) is 0. The van der Waals surface area contributed by atoms with E-state index in [1.54, 1.807) is 0 Å². The number of ether oxygens (including phenoxy) is 1. The highest BCUT2D eigenvalue weighted by atomic mass is 16.5. The topological polar surface area (TPSA) is 65.8 Å². The molecule has 1 atom stereocenters. The van der Waals surface area contributed by atoms with Crippen LogP contribution >= 0.6 is 0 Å². The second-order valence-electron chi connectivity index (χ2n) is 8.68. The van der Waals surface area contributed by atoms with Gasteiger partial charge in [0.15, 0.2) is 0 Å². The van der Waals surface area contributed by atoms with Crippen LogP contribution in [0.1, 0.15) is 25.3 Å². The van der Waals surface area contributed by atoms with Crippen LogP contribution in [-0.4, -0.2) is 58.0 Å². The minimum absolute atomic E-state index is 0.255. The molecule has 0 saturated carbocycles. The molecule has 0 amide bonds. The summed E-state index contributed by atoms with van der Waals surface area (Å²) in [5, 5.41) is 22.6. The number of aryl methyl sites for hydroxylation is 1. The van der Waals surface area contributed by atoms with E-state index in [9.17, 15) is 10.2 Å². The zero-order valence-corrected chi connectivity index (χ0v) is 17.7. The number of pyridine rings is 1. The van der Waals surface area contributed by atoms with Crippen LogP contribution in [0.2, 0.25) is 0 Å². The van der Waals surface area contributed by atoms with E-state index in [4.69, 9.17) is 4.74 Å². The summed E-state index contributed by atoms with van der Waals surface area (Å²) < 4.78 is 5.86. The third kappa shape index (κ3) is 4.98. The molecule has 4 rings (SSSR count). The molecule has 1 aliphatic heterocycles. The maximum atomic E-state index is 10.4. The van der Waals surface area contributed by atoms with E-state index in [2.05, 4.69) is 41.1 Å². The quantitative estimate of drug-likeness (QED) is 0.652. The molecule has 1 aromatic heterocycles. The van der Waals surface area contributed by atoms with Crippen LogP contribution in [0.4, 0.5) is 0 Å². The van der Waals surface area contributed by atoms with Crippen LogP contribution in [-0.2, 0) is 0 Å². The Morgan fingerprint density at radius 1 is 1.10 bits per heavy atom. The third-order valence-electron chi connectivity index (χ3n) is 6.01. The highest BCUT2D eigenvalue weighted by molar-refractivity contribution is 5.88. The summed E-state index contributed by atoms with van der Waals surface area (Å²) in [5.41, 5.74) is 2.92. The van der Waals surface area contributed by atoms with Gasteiger partial charge in [-0.05, 0) is 72.9 Å². The van der Waals surface area contributed by atoms with Gasteiger partial charge >= 0.3 is 0 Å². The van der Waals surface area contributed by atoms with Gasteiger partial charge in [0.2, 0.25) is 0 Å². The van der Waals surface area contributed by atoms with E-state index in [0.29, 0.717) is 6.54 Å². The number of nitrogens with zero attached hydrogens (tertiary/aromatic N) is 2. The molecule has 1 fully saturated rings. The molecule has 5 heteroatoms. The number of aliphatic hydroxyl groups is 2. The molecule has 2 heterocycles. The van der Waals surface area contributed by atoms with Crippen LogP contribution in [0.25, 0.3) is 21.9 Å². The number of piperidine rings is 1. The maximum absolute atomic E-state index is 10.4. The molecule has 2 N–H and O–H groups in total. The fourth-order valence-corrected chi connectivity index (χ4v) is 4.01. The summed E-state index contributed by atoms with van der Waals surface area (Å²) in [6.07, 6.45) is 4.64. The first-order valence-corrected chi connectivity index (χ1v) is 10.6. The average molecular weight is 407 g/mol. The van der Waals surface area contributed by atoms with Gasteiger partial charge in [-0.2, -0.15) is 0 Å². The molecular weight excluding hydrogens is 376 g/mol. The molecule has 3 aromatic rings. The number of rotatable bonds is 6. The Labute approximate surface area is 177 Å². The molecule has 1 unspecified atom stereocenters. The van der Waals surface area contributed by atoms with E-state index < -0.39 is 11.7 Å². The standard InChI is InChI=1S/C25H30N2O3/c1-18-7-10-26-15-24(18)21-4-3-20-14-23(6-5-19(20)13-21)30-17-22(28)16-27-11-8-25(2,29)9-12-27/h3-7,10,13-15,22,28-29H,8-9,11-12,16-17H2,1-2H3. The Morgan fingerprint density at radius 2 is 1.83 bits per heavy atom. The predicted octanol–water partition coefficient (Wildman–Crippen LogP) is 3.80. The molecule has 2 aromatic carbocycles. The number of fused-ring (bicyclic) bond motifs is 1. The van der Waals surface area contributed by atoms with Crippen molar-refractivity contribution in [1.82, 2.24) is 9.88 Å². The Kier molecular flexibility index (Phi) is 6.04. The van der Waals surface area contributed by atoms with Crippen LogP contribution in [0.15, 0.2) is 54.9 Å². The number of aliphatic hydroxyl groups excluding tert-OH is 1. The molecule has 5 nitrogen and oxygen atoms in total. The average Bonchev–Trinajstić information content (AvgIpc) is 2.74. The van der Waals surface area contributed by atoms with E-state index in [1.165, 1.54) is 5.56 Å². The number of hydrogen-bond acceptors (Lipinski definition) is 5. The smallest absolute Gasteiger partial charge is 0.120 e. The van der Waals surface area contributed by atoms with E-state index in [1.807, 2.05) is 37.5 Å². The van der Waals surface area contributed by atoms with Gasteiger partial charge in [0.05, 0.1) is 5.60 Å². The highest BCUT2D eigenvalue weighted by Gasteiger charge is 2.28. The first-order valence-electron chi connectivity index (χ1n) is 10.6. The number of hydrogen-bond donors (Lipinski definition) is 2. The lowest BCUT2D eigenvalue weighted by molar-refractivity contribution is -0.0201. The number of β-amino-alcohol motifs (C(OH)–C–C–N with tert-alkyl or cyclic N) is 1. The summed E-state index contributed by atoms with van der Waals surface area (Å²) in [6.45, 7) is 6.40. The Balaban J connectivity index is 1.37. The summed E-state index contributed by atoms with van der Waals surface area (Å²) in [5.74, 6) is 0.758. The van der Waals surface area contributed by atoms with Crippen LogP contribution in [0.5, 0.6) is 5.75 Å². The van der Waals surface area contributed by atoms with Crippen molar-refractivity contribution in [2.75, 3.05) is 26.2 Å². The molecule has 0 radical (unpaired) electrons. The van der Waals surface area contributed by atoms with Crippen molar-refractivity contribution in [1.29, 1.82) is 0 Å². The minimum Gasteiger partial charge on any atom is -0.491 e. The zero-order chi connectivity index (χ0) is 21.1. The molecular formula is C25H30N2O3. The first-order chi connectivity index (χ1) is 14.4. The summed E-state index contributed by atoms with van der Waals surface area (Å²) in [4.78, 5) is 6.44. The second-order valence-corrected chi connectivity index (χ2v) is 8.68.